The summed E-state index contributed by atoms with van der Waals surface area (Å²) in [4.78, 5) is 22.9. The Morgan fingerprint density at radius 2 is 1.33 bits per heavy atom. The van der Waals surface area contributed by atoms with Crippen molar-refractivity contribution in [1.82, 2.24) is 0 Å². The fourth-order valence-corrected chi connectivity index (χ4v) is 6.63. The summed E-state index contributed by atoms with van der Waals surface area (Å²) in [6.07, 6.45) is 41.7. The van der Waals surface area contributed by atoms with Gasteiger partial charge in [0.05, 0.1) is 40.5 Å². The van der Waals surface area contributed by atoms with Gasteiger partial charge in [0.1, 0.15) is 25.4 Å². The molecule has 54 heavy (non-hydrogen) atoms. The second kappa shape index (κ2) is 33.5. The van der Waals surface area contributed by atoms with E-state index >= 15 is 0 Å². The van der Waals surface area contributed by atoms with Crippen LogP contribution >= 0.6 is 7.82 Å². The molecule has 4 atom stereocenters. The number of allylic oxidation sites excluding steroid dienone is 7. The fraction of sp³-hybridized carbons (Fsp3) is 0.795. The molecular weight excluding hydrogens is 701 g/mol. The van der Waals surface area contributed by atoms with E-state index in [2.05, 4.69) is 38.2 Å². The van der Waals surface area contributed by atoms with Crippen LogP contribution in [0.25, 0.3) is 0 Å². The van der Waals surface area contributed by atoms with E-state index in [9.17, 15) is 14.3 Å². The fourth-order valence-electron chi connectivity index (χ4n) is 5.89. The Bertz CT molecular complexity index is 1070. The molecule has 0 aliphatic carbocycles. The standard InChI is InChI=1S/C44H80NO8P/c1-6-8-10-12-14-16-18-20-21-23-25-27-29-31-37-49-39-41(40-51-54(47,48)50-38-36-45(3,4)5)52-44(46)35-32-34-43-42(53-43)33-30-28-26-24-22-19-17-15-13-11-9-7-2/h15,17,22,24,26,28,30,33,41-43H,6-14,16,18-21,23,25,27,29,31-32,34-40H2,1-5H3/p+1/b17-15+,24-22+,28-26-,33-30-. The first-order chi connectivity index (χ1) is 26.1. The molecule has 1 fully saturated rings. The number of rotatable bonds is 38. The first-order valence-electron chi connectivity index (χ1n) is 21.6. The Labute approximate surface area is 331 Å². The minimum absolute atomic E-state index is 0.0703. The van der Waals surface area contributed by atoms with Crippen molar-refractivity contribution in [2.45, 2.75) is 173 Å². The van der Waals surface area contributed by atoms with Crippen LogP contribution in [0, 0.1) is 0 Å². The highest BCUT2D eigenvalue weighted by atomic mass is 31.2. The lowest BCUT2D eigenvalue weighted by Crippen LogP contribution is -2.37. The van der Waals surface area contributed by atoms with Crippen molar-refractivity contribution in [2.24, 2.45) is 0 Å². The first kappa shape index (κ1) is 50.4. The van der Waals surface area contributed by atoms with Gasteiger partial charge in [0.2, 0.25) is 0 Å². The lowest BCUT2D eigenvalue weighted by molar-refractivity contribution is -0.870. The van der Waals surface area contributed by atoms with Crippen molar-refractivity contribution in [1.29, 1.82) is 0 Å². The summed E-state index contributed by atoms with van der Waals surface area (Å²) in [5, 5.41) is 0. The number of hydrogen-bond donors (Lipinski definition) is 1. The number of phosphoric ester groups is 1. The average Bonchev–Trinajstić information content (AvgIpc) is 3.87. The van der Waals surface area contributed by atoms with Gasteiger partial charge in [-0.05, 0) is 38.5 Å². The molecule has 1 saturated heterocycles. The van der Waals surface area contributed by atoms with Crippen LogP contribution in [0.2, 0.25) is 0 Å². The molecule has 0 bridgehead atoms. The zero-order valence-corrected chi connectivity index (χ0v) is 36.0. The summed E-state index contributed by atoms with van der Waals surface area (Å²) in [7, 11) is 1.61. The van der Waals surface area contributed by atoms with Gasteiger partial charge in [-0.3, -0.25) is 13.8 Å². The predicted molar refractivity (Wildman–Crippen MR) is 223 cm³/mol. The van der Waals surface area contributed by atoms with Gasteiger partial charge in [0.15, 0.2) is 0 Å². The Hall–Kier alpha value is -1.58. The van der Waals surface area contributed by atoms with Crippen LogP contribution in [-0.4, -0.2) is 87.8 Å². The molecule has 0 saturated carbocycles. The monoisotopic (exact) mass is 783 g/mol. The highest BCUT2D eigenvalue weighted by Gasteiger charge is 2.35. The largest absolute Gasteiger partial charge is 0.472 e. The molecule has 0 spiro atoms. The lowest BCUT2D eigenvalue weighted by Gasteiger charge is -2.24. The molecule has 0 aromatic heterocycles. The van der Waals surface area contributed by atoms with Crippen LogP contribution < -0.4 is 0 Å². The molecular formula is C44H81NO8P+. The van der Waals surface area contributed by atoms with Crippen molar-refractivity contribution in [3.8, 4) is 0 Å². The Balaban J connectivity index is 2.32. The zero-order chi connectivity index (χ0) is 39.6. The summed E-state index contributed by atoms with van der Waals surface area (Å²) in [6.45, 7) is 5.46. The van der Waals surface area contributed by atoms with Crippen LogP contribution in [0.5, 0.6) is 0 Å². The molecule has 9 nitrogen and oxygen atoms in total. The van der Waals surface area contributed by atoms with Gasteiger partial charge in [-0.25, -0.2) is 4.57 Å². The molecule has 0 radical (unpaired) electrons. The van der Waals surface area contributed by atoms with E-state index in [1.807, 2.05) is 45.4 Å². The predicted octanol–water partition coefficient (Wildman–Crippen LogP) is 11.4. The molecule has 1 aliphatic heterocycles. The normalized spacial score (nSPS) is 18.0. The van der Waals surface area contributed by atoms with Crippen LogP contribution in [0.15, 0.2) is 48.6 Å². The van der Waals surface area contributed by atoms with Crippen LogP contribution in [0.3, 0.4) is 0 Å². The van der Waals surface area contributed by atoms with E-state index in [4.69, 9.17) is 23.3 Å². The second-order valence-corrected chi connectivity index (χ2v) is 17.3. The molecule has 1 N–H and O–H groups in total. The SMILES string of the molecule is CCCCC/C=C/C/C=C/C=C\C=C/C1OC1CCCC(=O)OC(COCCCCCCCCCCCCCCCC)COP(=O)(O)OCC[N+](C)(C)C. The molecule has 1 heterocycles. The van der Waals surface area contributed by atoms with Gasteiger partial charge in [-0.2, -0.15) is 0 Å². The van der Waals surface area contributed by atoms with Gasteiger partial charge in [0, 0.05) is 13.0 Å². The van der Waals surface area contributed by atoms with E-state index in [-0.39, 0.29) is 44.4 Å². The number of hydrogen-bond acceptors (Lipinski definition) is 7. The Morgan fingerprint density at radius 3 is 1.98 bits per heavy atom. The summed E-state index contributed by atoms with van der Waals surface area (Å²) in [5.74, 6) is -0.388. The number of phosphoric acid groups is 1. The van der Waals surface area contributed by atoms with E-state index in [1.165, 1.54) is 96.3 Å². The van der Waals surface area contributed by atoms with Crippen LogP contribution in [-0.2, 0) is 32.6 Å². The molecule has 0 aromatic rings. The Kier molecular flexibility index (Phi) is 31.3. The van der Waals surface area contributed by atoms with Gasteiger partial charge in [0.25, 0.3) is 0 Å². The zero-order valence-electron chi connectivity index (χ0n) is 35.1. The number of carbonyl (C=O) groups is 1. The number of ether oxygens (including phenoxy) is 3. The maximum atomic E-state index is 12.7. The van der Waals surface area contributed by atoms with E-state index < -0.39 is 13.9 Å². The third kappa shape index (κ3) is 33.7. The third-order valence-corrected chi connectivity index (χ3v) is 10.3. The van der Waals surface area contributed by atoms with Gasteiger partial charge in [-0.15, -0.1) is 0 Å². The number of esters is 1. The van der Waals surface area contributed by atoms with Crippen molar-refractivity contribution >= 4 is 13.8 Å². The molecule has 4 unspecified atom stereocenters. The third-order valence-electron chi connectivity index (χ3n) is 9.36. The molecule has 314 valence electrons. The van der Waals surface area contributed by atoms with Crippen molar-refractivity contribution in [3.05, 3.63) is 48.6 Å². The minimum atomic E-state index is -4.30. The number of unbranched alkanes of at least 4 members (excludes halogenated alkanes) is 16. The number of quaternary nitrogens is 1. The quantitative estimate of drug-likeness (QED) is 0.0126. The Morgan fingerprint density at radius 1 is 0.722 bits per heavy atom. The number of carbonyl (C=O) groups excluding carboxylic acids is 1. The van der Waals surface area contributed by atoms with Gasteiger partial charge >= 0.3 is 13.8 Å². The molecule has 0 amide bonds. The average molecular weight is 783 g/mol. The summed E-state index contributed by atoms with van der Waals surface area (Å²) in [6, 6.07) is 0. The molecule has 0 aromatic carbocycles. The summed E-state index contributed by atoms with van der Waals surface area (Å²) >= 11 is 0. The van der Waals surface area contributed by atoms with Crippen molar-refractivity contribution < 1.29 is 42.0 Å². The smallest absolute Gasteiger partial charge is 0.457 e. The molecule has 10 heteroatoms. The maximum absolute atomic E-state index is 12.7. The van der Waals surface area contributed by atoms with Crippen molar-refractivity contribution in [3.63, 3.8) is 0 Å². The maximum Gasteiger partial charge on any atom is 0.472 e. The van der Waals surface area contributed by atoms with Crippen LogP contribution in [0.4, 0.5) is 0 Å². The summed E-state index contributed by atoms with van der Waals surface area (Å²) < 4.78 is 40.7. The van der Waals surface area contributed by atoms with Gasteiger partial charge < -0.3 is 23.6 Å². The highest BCUT2D eigenvalue weighted by Crippen LogP contribution is 2.43. The van der Waals surface area contributed by atoms with Gasteiger partial charge in [-0.1, -0.05) is 159 Å². The van der Waals surface area contributed by atoms with Crippen molar-refractivity contribution in [2.75, 3.05) is 54.1 Å². The topological polar surface area (TPSA) is 104 Å². The number of nitrogens with zero attached hydrogens (tertiary/aromatic N) is 1. The summed E-state index contributed by atoms with van der Waals surface area (Å²) in [5.41, 5.74) is 0. The second-order valence-electron chi connectivity index (χ2n) is 15.8. The minimum Gasteiger partial charge on any atom is -0.457 e. The molecule has 1 aliphatic rings. The highest BCUT2D eigenvalue weighted by molar-refractivity contribution is 7.47. The van der Waals surface area contributed by atoms with E-state index in [0.29, 0.717) is 24.1 Å². The van der Waals surface area contributed by atoms with E-state index in [0.717, 1.165) is 32.1 Å². The molecule has 1 rings (SSSR count). The van der Waals surface area contributed by atoms with E-state index in [1.54, 1.807) is 0 Å². The number of likely N-dealkylation sites (N-methyl/N-ethyl adjacent to an activating group) is 1. The van der Waals surface area contributed by atoms with Crippen LogP contribution in [0.1, 0.15) is 155 Å². The first-order valence-corrected chi connectivity index (χ1v) is 23.1. The lowest BCUT2D eigenvalue weighted by atomic mass is 10.0. The number of epoxide rings is 1.